The van der Waals surface area contributed by atoms with E-state index < -0.39 is 0 Å². The first-order valence-electron chi connectivity index (χ1n) is 4.94. The van der Waals surface area contributed by atoms with Gasteiger partial charge in [0, 0.05) is 10.0 Å². The molecule has 82 valence electrons. The summed E-state index contributed by atoms with van der Waals surface area (Å²) in [5.74, 6) is 1.34. The van der Waals surface area contributed by atoms with E-state index in [0.29, 0.717) is 18.1 Å². The van der Waals surface area contributed by atoms with Crippen molar-refractivity contribution >= 4 is 21.7 Å². The highest BCUT2D eigenvalue weighted by molar-refractivity contribution is 9.10. The lowest BCUT2D eigenvalue weighted by Gasteiger charge is -2.09. The lowest BCUT2D eigenvalue weighted by molar-refractivity contribution is 0.101. The number of carbonyl (C=O) groups excluding carboxylic acids is 1. The first-order chi connectivity index (χ1) is 7.00. The van der Waals surface area contributed by atoms with E-state index >= 15 is 0 Å². The third-order valence-electron chi connectivity index (χ3n) is 1.90. The fraction of sp³-hybridized carbons (Fsp3) is 0.417. The number of carbonyl (C=O) groups is 1. The maximum atomic E-state index is 11.2. The molecule has 15 heavy (non-hydrogen) atoms. The van der Waals surface area contributed by atoms with E-state index in [1.165, 1.54) is 0 Å². The lowest BCUT2D eigenvalue weighted by Crippen LogP contribution is -2.04. The van der Waals surface area contributed by atoms with Crippen molar-refractivity contribution in [3.8, 4) is 5.75 Å². The van der Waals surface area contributed by atoms with E-state index in [1.54, 1.807) is 13.0 Å². The van der Waals surface area contributed by atoms with Gasteiger partial charge in [-0.05, 0) is 47.0 Å². The molecular weight excluding hydrogens is 256 g/mol. The quantitative estimate of drug-likeness (QED) is 0.781. The molecule has 0 bridgehead atoms. The van der Waals surface area contributed by atoms with Crippen molar-refractivity contribution in [1.82, 2.24) is 0 Å². The molecule has 0 aliphatic rings. The average molecular weight is 271 g/mol. The summed E-state index contributed by atoms with van der Waals surface area (Å²) in [6.45, 7) is 6.43. The molecule has 0 fully saturated rings. The van der Waals surface area contributed by atoms with Crippen LogP contribution in [0.15, 0.2) is 22.7 Å². The van der Waals surface area contributed by atoms with Gasteiger partial charge in [0.25, 0.3) is 0 Å². The molecule has 1 aromatic rings. The predicted molar refractivity (Wildman–Crippen MR) is 64.5 cm³/mol. The normalized spacial score (nSPS) is 10.5. The Morgan fingerprint density at radius 3 is 2.60 bits per heavy atom. The minimum atomic E-state index is 0.0530. The Morgan fingerprint density at radius 1 is 1.47 bits per heavy atom. The van der Waals surface area contributed by atoms with Gasteiger partial charge in [0.05, 0.1) is 6.61 Å². The topological polar surface area (TPSA) is 26.3 Å². The highest BCUT2D eigenvalue weighted by atomic mass is 79.9. The first kappa shape index (κ1) is 12.2. The minimum absolute atomic E-state index is 0.0530. The number of Topliss-reactive ketones (excluding diaryl/α,β-unsaturated/α-hetero) is 1. The maximum Gasteiger partial charge on any atom is 0.160 e. The number of hydrogen-bond donors (Lipinski definition) is 0. The molecule has 1 aromatic carbocycles. The van der Waals surface area contributed by atoms with Crippen LogP contribution in [0.25, 0.3) is 0 Å². The summed E-state index contributed by atoms with van der Waals surface area (Å²) in [5.41, 5.74) is 0.687. The number of rotatable bonds is 4. The van der Waals surface area contributed by atoms with Crippen molar-refractivity contribution in [1.29, 1.82) is 0 Å². The van der Waals surface area contributed by atoms with Gasteiger partial charge in [-0.15, -0.1) is 0 Å². The molecule has 0 saturated heterocycles. The van der Waals surface area contributed by atoms with Gasteiger partial charge in [-0.1, -0.05) is 13.8 Å². The summed E-state index contributed by atoms with van der Waals surface area (Å²) in [7, 11) is 0. The van der Waals surface area contributed by atoms with Crippen molar-refractivity contribution in [3.63, 3.8) is 0 Å². The Morgan fingerprint density at radius 2 is 2.13 bits per heavy atom. The third-order valence-corrected chi connectivity index (χ3v) is 2.56. The Balaban J connectivity index is 2.78. The zero-order chi connectivity index (χ0) is 11.4. The van der Waals surface area contributed by atoms with E-state index in [9.17, 15) is 4.79 Å². The van der Waals surface area contributed by atoms with Crippen LogP contribution in [-0.4, -0.2) is 12.4 Å². The number of ketones is 1. The van der Waals surface area contributed by atoms with E-state index in [4.69, 9.17) is 4.74 Å². The second-order valence-corrected chi connectivity index (χ2v) is 4.76. The van der Waals surface area contributed by atoms with Gasteiger partial charge in [-0.3, -0.25) is 4.79 Å². The Bertz CT molecular complexity index is 359. The summed E-state index contributed by atoms with van der Waals surface area (Å²) in [4.78, 5) is 11.2. The fourth-order valence-corrected chi connectivity index (χ4v) is 1.77. The second-order valence-electron chi connectivity index (χ2n) is 3.90. The molecule has 0 radical (unpaired) electrons. The zero-order valence-corrected chi connectivity index (χ0v) is 10.8. The zero-order valence-electron chi connectivity index (χ0n) is 9.21. The molecule has 0 amide bonds. The van der Waals surface area contributed by atoms with Crippen LogP contribution in [-0.2, 0) is 0 Å². The molecule has 2 nitrogen and oxygen atoms in total. The van der Waals surface area contributed by atoms with Crippen molar-refractivity contribution in [2.45, 2.75) is 20.8 Å². The van der Waals surface area contributed by atoms with Crippen LogP contribution in [0.5, 0.6) is 5.75 Å². The van der Waals surface area contributed by atoms with Gasteiger partial charge < -0.3 is 4.74 Å². The predicted octanol–water partition coefficient (Wildman–Crippen LogP) is 3.69. The van der Waals surface area contributed by atoms with Crippen molar-refractivity contribution < 1.29 is 9.53 Å². The summed E-state index contributed by atoms with van der Waals surface area (Å²) >= 11 is 3.35. The fourth-order valence-electron chi connectivity index (χ4n) is 1.13. The molecule has 0 saturated carbocycles. The highest BCUT2D eigenvalue weighted by Gasteiger charge is 2.06. The van der Waals surface area contributed by atoms with Crippen LogP contribution in [0.2, 0.25) is 0 Å². The SMILES string of the molecule is CC(=O)c1ccc(OCC(C)C)cc1Br. The highest BCUT2D eigenvalue weighted by Crippen LogP contribution is 2.23. The summed E-state index contributed by atoms with van der Waals surface area (Å²) in [6.07, 6.45) is 0. The molecule has 0 heterocycles. The lowest BCUT2D eigenvalue weighted by atomic mass is 10.1. The number of halogens is 1. The summed E-state index contributed by atoms with van der Waals surface area (Å²) in [5, 5.41) is 0. The molecule has 0 unspecified atom stereocenters. The Kier molecular flexibility index (Phi) is 4.33. The molecule has 0 N–H and O–H groups in total. The Hall–Kier alpha value is -0.830. The number of hydrogen-bond acceptors (Lipinski definition) is 2. The average Bonchev–Trinajstić information content (AvgIpc) is 2.14. The standard InChI is InChI=1S/C12H15BrO2/c1-8(2)7-15-10-4-5-11(9(3)14)12(13)6-10/h4-6,8H,7H2,1-3H3. The molecule has 0 aromatic heterocycles. The van der Waals surface area contributed by atoms with E-state index in [0.717, 1.165) is 10.2 Å². The van der Waals surface area contributed by atoms with Crippen LogP contribution < -0.4 is 4.74 Å². The third kappa shape index (κ3) is 3.67. The van der Waals surface area contributed by atoms with Crippen LogP contribution >= 0.6 is 15.9 Å². The van der Waals surface area contributed by atoms with Crippen LogP contribution in [0, 0.1) is 5.92 Å². The van der Waals surface area contributed by atoms with Gasteiger partial charge in [-0.2, -0.15) is 0 Å². The van der Waals surface area contributed by atoms with Gasteiger partial charge >= 0.3 is 0 Å². The van der Waals surface area contributed by atoms with Crippen molar-refractivity contribution in [2.24, 2.45) is 5.92 Å². The van der Waals surface area contributed by atoms with E-state index in [1.807, 2.05) is 12.1 Å². The van der Waals surface area contributed by atoms with Crippen LogP contribution in [0.3, 0.4) is 0 Å². The largest absolute Gasteiger partial charge is 0.493 e. The monoisotopic (exact) mass is 270 g/mol. The second kappa shape index (κ2) is 5.31. The van der Waals surface area contributed by atoms with Crippen molar-refractivity contribution in [3.05, 3.63) is 28.2 Å². The molecule has 1 rings (SSSR count). The summed E-state index contributed by atoms with van der Waals surface area (Å²) < 4.78 is 6.33. The van der Waals surface area contributed by atoms with Gasteiger partial charge in [0.15, 0.2) is 5.78 Å². The molecule has 0 atom stereocenters. The summed E-state index contributed by atoms with van der Waals surface area (Å²) in [6, 6.07) is 5.44. The van der Waals surface area contributed by atoms with E-state index in [-0.39, 0.29) is 5.78 Å². The van der Waals surface area contributed by atoms with Gasteiger partial charge in [-0.25, -0.2) is 0 Å². The van der Waals surface area contributed by atoms with Gasteiger partial charge in [0.1, 0.15) is 5.75 Å². The van der Waals surface area contributed by atoms with Crippen molar-refractivity contribution in [2.75, 3.05) is 6.61 Å². The molecule has 0 aliphatic heterocycles. The smallest absolute Gasteiger partial charge is 0.160 e. The minimum Gasteiger partial charge on any atom is -0.493 e. The first-order valence-corrected chi connectivity index (χ1v) is 5.73. The van der Waals surface area contributed by atoms with Crippen LogP contribution in [0.1, 0.15) is 31.1 Å². The maximum absolute atomic E-state index is 11.2. The molecule has 0 aliphatic carbocycles. The number of benzene rings is 1. The van der Waals surface area contributed by atoms with Gasteiger partial charge in [0.2, 0.25) is 0 Å². The van der Waals surface area contributed by atoms with E-state index in [2.05, 4.69) is 29.8 Å². The molecule has 3 heteroatoms. The van der Waals surface area contributed by atoms with Crippen LogP contribution in [0.4, 0.5) is 0 Å². The molecular formula is C12H15BrO2. The molecule has 0 spiro atoms. The Labute approximate surface area is 98.8 Å². The number of ether oxygens (including phenoxy) is 1.